The number of hydrogen-bond acceptors (Lipinski definition) is 5. The molecule has 0 fully saturated rings. The lowest BCUT2D eigenvalue weighted by Crippen LogP contribution is -2.36. The molecule has 0 radical (unpaired) electrons. The lowest BCUT2D eigenvalue weighted by molar-refractivity contribution is -0.167. The van der Waals surface area contributed by atoms with Gasteiger partial charge in [0.1, 0.15) is 0 Å². The summed E-state index contributed by atoms with van der Waals surface area (Å²) < 4.78 is 0. The second-order valence-electron chi connectivity index (χ2n) is 3.88. The van der Waals surface area contributed by atoms with Gasteiger partial charge in [-0.2, -0.15) is 0 Å². The molecule has 5 heteroatoms. The van der Waals surface area contributed by atoms with Crippen molar-refractivity contribution in [3.8, 4) is 0 Å². The van der Waals surface area contributed by atoms with E-state index in [-0.39, 0.29) is 0 Å². The van der Waals surface area contributed by atoms with E-state index >= 15 is 0 Å². The second kappa shape index (κ2) is 4.42. The molecular weight excluding hydrogens is 196 g/mol. The summed E-state index contributed by atoms with van der Waals surface area (Å²) in [5.41, 5.74) is 0.537. The van der Waals surface area contributed by atoms with Gasteiger partial charge in [-0.1, -0.05) is 17.2 Å². The highest BCUT2D eigenvalue weighted by molar-refractivity contribution is 5.92. The van der Waals surface area contributed by atoms with E-state index in [1.807, 2.05) is 6.92 Å². The van der Waals surface area contributed by atoms with Crippen molar-refractivity contribution in [2.45, 2.75) is 46.1 Å². The first-order valence-electron chi connectivity index (χ1n) is 4.94. The molecule has 0 aromatic heterocycles. The van der Waals surface area contributed by atoms with Crippen LogP contribution in [-0.2, 0) is 14.5 Å². The van der Waals surface area contributed by atoms with Crippen molar-refractivity contribution in [2.75, 3.05) is 0 Å². The minimum Gasteiger partial charge on any atom is -0.377 e. The van der Waals surface area contributed by atoms with Crippen LogP contribution in [0.3, 0.4) is 0 Å². The predicted molar refractivity (Wildman–Crippen MR) is 56.7 cm³/mol. The van der Waals surface area contributed by atoms with Gasteiger partial charge in [0.25, 0.3) is 0 Å². The average molecular weight is 212 g/mol. The molecule has 0 spiro atoms. The smallest absolute Gasteiger partial charge is 0.377 e. The fourth-order valence-electron chi connectivity index (χ4n) is 1.12. The maximum atomic E-state index is 11.6. The zero-order valence-corrected chi connectivity index (χ0v) is 9.53. The van der Waals surface area contributed by atoms with Crippen LogP contribution in [0.15, 0.2) is 10.3 Å². The fourth-order valence-corrected chi connectivity index (χ4v) is 1.12. The summed E-state index contributed by atoms with van der Waals surface area (Å²) in [5, 5.41) is 7.42. The van der Waals surface area contributed by atoms with Gasteiger partial charge in [0, 0.05) is 6.42 Å². The van der Waals surface area contributed by atoms with E-state index in [1.54, 1.807) is 20.8 Å². The van der Waals surface area contributed by atoms with E-state index in [0.717, 1.165) is 17.8 Å². The molecule has 5 nitrogen and oxygen atoms in total. The topological polar surface area (TPSA) is 60.2 Å². The van der Waals surface area contributed by atoms with Crippen LogP contribution in [0.1, 0.15) is 40.5 Å². The third-order valence-corrected chi connectivity index (χ3v) is 2.22. The SMILES string of the molecule is CC/C(C)=N/OC(=O)C1(C)CC(C)=NO1. The Balaban J connectivity index is 2.55. The number of hydrogen-bond donors (Lipinski definition) is 0. The molecular formula is C10H16N2O3. The number of carbonyl (C=O) groups excluding carboxylic acids is 1. The number of carbonyl (C=O) groups is 1. The lowest BCUT2D eigenvalue weighted by Gasteiger charge is -2.16. The lowest BCUT2D eigenvalue weighted by atomic mass is 10.0. The standard InChI is InChI=1S/C10H16N2O3/c1-5-7(2)11-14-9(13)10(4)6-8(3)12-15-10/h5-6H2,1-4H3/b11-7+. The minimum atomic E-state index is -1.01. The van der Waals surface area contributed by atoms with Gasteiger partial charge in [-0.3, -0.25) is 0 Å². The minimum absolute atomic E-state index is 0.451. The molecule has 1 unspecified atom stereocenters. The number of oxime groups is 2. The van der Waals surface area contributed by atoms with Gasteiger partial charge >= 0.3 is 5.97 Å². The van der Waals surface area contributed by atoms with Crippen LogP contribution in [0.5, 0.6) is 0 Å². The Morgan fingerprint density at radius 2 is 2.40 bits per heavy atom. The highest BCUT2D eigenvalue weighted by atomic mass is 16.7. The van der Waals surface area contributed by atoms with Crippen molar-refractivity contribution < 1.29 is 14.5 Å². The number of nitrogens with zero attached hydrogens (tertiary/aromatic N) is 2. The van der Waals surface area contributed by atoms with Crippen molar-refractivity contribution in [3.05, 3.63) is 0 Å². The van der Waals surface area contributed by atoms with Gasteiger partial charge in [0.2, 0.25) is 5.60 Å². The Morgan fingerprint density at radius 3 is 2.87 bits per heavy atom. The third kappa shape index (κ3) is 2.78. The first kappa shape index (κ1) is 11.7. The van der Waals surface area contributed by atoms with E-state index in [1.165, 1.54) is 0 Å². The molecule has 0 saturated carbocycles. The summed E-state index contributed by atoms with van der Waals surface area (Å²) in [7, 11) is 0. The summed E-state index contributed by atoms with van der Waals surface area (Å²) in [5.74, 6) is -0.504. The highest BCUT2D eigenvalue weighted by Gasteiger charge is 2.42. The van der Waals surface area contributed by atoms with Crippen LogP contribution < -0.4 is 0 Å². The maximum absolute atomic E-state index is 11.6. The average Bonchev–Trinajstić information content (AvgIpc) is 2.55. The van der Waals surface area contributed by atoms with Crippen molar-refractivity contribution >= 4 is 17.4 Å². The second-order valence-corrected chi connectivity index (χ2v) is 3.88. The van der Waals surface area contributed by atoms with Crippen LogP contribution >= 0.6 is 0 Å². The predicted octanol–water partition coefficient (Wildman–Crippen LogP) is 1.87. The molecule has 1 aliphatic rings. The van der Waals surface area contributed by atoms with Crippen molar-refractivity contribution in [1.82, 2.24) is 0 Å². The first-order chi connectivity index (χ1) is 6.98. The van der Waals surface area contributed by atoms with E-state index in [0.29, 0.717) is 6.42 Å². The summed E-state index contributed by atoms with van der Waals surface area (Å²) in [6, 6.07) is 0. The molecule has 1 aliphatic heterocycles. The molecule has 0 aromatic rings. The normalized spacial score (nSPS) is 25.9. The fraction of sp³-hybridized carbons (Fsp3) is 0.700. The highest BCUT2D eigenvalue weighted by Crippen LogP contribution is 2.24. The summed E-state index contributed by atoms with van der Waals surface area (Å²) in [6.07, 6.45) is 1.20. The van der Waals surface area contributed by atoms with Gasteiger partial charge in [-0.15, -0.1) is 0 Å². The molecule has 84 valence electrons. The molecule has 1 heterocycles. The van der Waals surface area contributed by atoms with Gasteiger partial charge in [-0.05, 0) is 27.2 Å². The van der Waals surface area contributed by atoms with E-state index in [2.05, 4.69) is 10.3 Å². The summed E-state index contributed by atoms with van der Waals surface area (Å²) >= 11 is 0. The van der Waals surface area contributed by atoms with Crippen molar-refractivity contribution in [3.63, 3.8) is 0 Å². The molecule has 15 heavy (non-hydrogen) atoms. The quantitative estimate of drug-likeness (QED) is 0.407. The Bertz CT molecular complexity index is 323. The van der Waals surface area contributed by atoms with Gasteiger partial charge in [0.15, 0.2) is 0 Å². The van der Waals surface area contributed by atoms with Crippen LogP contribution in [0.25, 0.3) is 0 Å². The third-order valence-electron chi connectivity index (χ3n) is 2.22. The molecule has 0 N–H and O–H groups in total. The van der Waals surface area contributed by atoms with Crippen LogP contribution in [0.4, 0.5) is 0 Å². The molecule has 0 amide bonds. The Labute approximate surface area is 89.1 Å². The molecule has 0 bridgehead atoms. The Hall–Kier alpha value is -1.39. The van der Waals surface area contributed by atoms with Crippen LogP contribution in [-0.4, -0.2) is 23.0 Å². The summed E-state index contributed by atoms with van der Waals surface area (Å²) in [6.45, 7) is 7.19. The molecule has 1 atom stereocenters. The Morgan fingerprint density at radius 1 is 1.73 bits per heavy atom. The van der Waals surface area contributed by atoms with Gasteiger partial charge in [0.05, 0.1) is 11.4 Å². The van der Waals surface area contributed by atoms with Crippen LogP contribution in [0, 0.1) is 0 Å². The van der Waals surface area contributed by atoms with Gasteiger partial charge < -0.3 is 9.68 Å². The maximum Gasteiger partial charge on any atom is 0.381 e. The monoisotopic (exact) mass is 212 g/mol. The molecule has 0 saturated heterocycles. The van der Waals surface area contributed by atoms with Crippen molar-refractivity contribution in [2.24, 2.45) is 10.3 Å². The van der Waals surface area contributed by atoms with E-state index < -0.39 is 11.6 Å². The Kier molecular flexibility index (Phi) is 3.44. The molecule has 0 aliphatic carbocycles. The van der Waals surface area contributed by atoms with E-state index in [4.69, 9.17) is 9.68 Å². The number of rotatable bonds is 3. The van der Waals surface area contributed by atoms with Crippen molar-refractivity contribution in [1.29, 1.82) is 0 Å². The zero-order chi connectivity index (χ0) is 11.5. The summed E-state index contributed by atoms with van der Waals surface area (Å²) in [4.78, 5) is 21.4. The zero-order valence-electron chi connectivity index (χ0n) is 9.53. The molecule has 1 rings (SSSR count). The first-order valence-corrected chi connectivity index (χ1v) is 4.94. The van der Waals surface area contributed by atoms with E-state index in [9.17, 15) is 4.79 Å². The molecule has 0 aromatic carbocycles. The largest absolute Gasteiger partial charge is 0.381 e. The van der Waals surface area contributed by atoms with Gasteiger partial charge in [-0.25, -0.2) is 4.79 Å². The van der Waals surface area contributed by atoms with Crippen LogP contribution in [0.2, 0.25) is 0 Å².